The number of nitrogen functional groups attached to an aromatic ring is 1. The molecule has 3 N–H and O–H groups in total. The Morgan fingerprint density at radius 1 is 1.33 bits per heavy atom. The average Bonchev–Trinajstić information content (AvgIpc) is 2.85. The van der Waals surface area contributed by atoms with Crippen LogP contribution < -0.4 is 5.73 Å². The van der Waals surface area contributed by atoms with Gasteiger partial charge in [-0.1, -0.05) is 37.3 Å². The molecule has 0 atom stereocenters. The van der Waals surface area contributed by atoms with Crippen molar-refractivity contribution in [3.8, 4) is 0 Å². The van der Waals surface area contributed by atoms with E-state index in [-0.39, 0.29) is 11.9 Å². The zero-order valence-corrected chi connectivity index (χ0v) is 12.8. The molecule has 112 valence electrons. The number of H-pyrrole nitrogens is 1. The first kappa shape index (κ1) is 15.1. The maximum atomic E-state index is 12.7. The van der Waals surface area contributed by atoms with Gasteiger partial charge in [0.05, 0.1) is 11.4 Å². The van der Waals surface area contributed by atoms with Crippen molar-refractivity contribution in [3.05, 3.63) is 47.3 Å². The van der Waals surface area contributed by atoms with E-state index < -0.39 is 0 Å². The maximum Gasteiger partial charge on any atom is 0.277 e. The quantitative estimate of drug-likeness (QED) is 0.887. The number of aryl methyl sites for hydroxylation is 1. The van der Waals surface area contributed by atoms with Gasteiger partial charge in [0, 0.05) is 12.6 Å². The summed E-state index contributed by atoms with van der Waals surface area (Å²) in [6.07, 6.45) is 0.729. The van der Waals surface area contributed by atoms with Crippen molar-refractivity contribution in [1.29, 1.82) is 0 Å². The predicted octanol–water partition coefficient (Wildman–Crippen LogP) is 2.61. The third-order valence-electron chi connectivity index (χ3n) is 3.52. The van der Waals surface area contributed by atoms with Crippen LogP contribution in [0, 0.1) is 0 Å². The highest BCUT2D eigenvalue weighted by molar-refractivity contribution is 5.97. The molecular formula is C16H22N4O. The molecule has 0 saturated heterocycles. The second-order valence-electron chi connectivity index (χ2n) is 5.33. The third kappa shape index (κ3) is 3.24. The topological polar surface area (TPSA) is 75.0 Å². The molecule has 0 aliphatic heterocycles. The molecule has 5 heteroatoms. The van der Waals surface area contributed by atoms with Crippen LogP contribution >= 0.6 is 0 Å². The van der Waals surface area contributed by atoms with Crippen LogP contribution in [0.2, 0.25) is 0 Å². The summed E-state index contributed by atoms with van der Waals surface area (Å²) in [6, 6.07) is 9.98. The number of amides is 1. The highest BCUT2D eigenvalue weighted by atomic mass is 16.2. The molecule has 1 amide bonds. The Hall–Kier alpha value is -2.30. The van der Waals surface area contributed by atoms with Gasteiger partial charge in [-0.15, -0.1) is 0 Å². The summed E-state index contributed by atoms with van der Waals surface area (Å²) < 4.78 is 0. The Balaban J connectivity index is 2.25. The first-order chi connectivity index (χ1) is 10.0. The number of hydrogen-bond donors (Lipinski definition) is 2. The fraction of sp³-hybridized carbons (Fsp3) is 0.375. The number of rotatable bonds is 5. The number of aromatic amines is 1. The van der Waals surface area contributed by atoms with Crippen LogP contribution in [0.1, 0.15) is 42.5 Å². The molecule has 0 unspecified atom stereocenters. The largest absolute Gasteiger partial charge is 0.395 e. The molecular weight excluding hydrogens is 264 g/mol. The lowest BCUT2D eigenvalue weighted by Crippen LogP contribution is -2.37. The van der Waals surface area contributed by atoms with Gasteiger partial charge < -0.3 is 10.6 Å². The van der Waals surface area contributed by atoms with Gasteiger partial charge >= 0.3 is 0 Å². The molecule has 1 heterocycles. The average molecular weight is 286 g/mol. The van der Waals surface area contributed by atoms with Crippen LogP contribution in [0.4, 0.5) is 5.69 Å². The van der Waals surface area contributed by atoms with Gasteiger partial charge in [0.2, 0.25) is 0 Å². The highest BCUT2D eigenvalue weighted by Gasteiger charge is 2.24. The van der Waals surface area contributed by atoms with Crippen LogP contribution in [-0.4, -0.2) is 27.0 Å². The van der Waals surface area contributed by atoms with Crippen molar-refractivity contribution < 1.29 is 4.79 Å². The van der Waals surface area contributed by atoms with Crippen molar-refractivity contribution in [2.24, 2.45) is 0 Å². The van der Waals surface area contributed by atoms with E-state index in [0.717, 1.165) is 17.7 Å². The van der Waals surface area contributed by atoms with Crippen LogP contribution in [0.15, 0.2) is 30.3 Å². The Bertz CT molecular complexity index is 604. The van der Waals surface area contributed by atoms with Crippen LogP contribution in [-0.2, 0) is 13.0 Å². The number of nitrogens with one attached hydrogen (secondary N) is 1. The molecule has 0 aliphatic rings. The van der Waals surface area contributed by atoms with Crippen molar-refractivity contribution in [2.45, 2.75) is 39.8 Å². The number of aromatic nitrogens is 2. The molecule has 0 bridgehead atoms. The molecule has 1 aromatic heterocycles. The first-order valence-corrected chi connectivity index (χ1v) is 7.22. The Labute approximate surface area is 125 Å². The summed E-state index contributed by atoms with van der Waals surface area (Å²) >= 11 is 0. The fourth-order valence-corrected chi connectivity index (χ4v) is 2.22. The number of anilines is 1. The summed E-state index contributed by atoms with van der Waals surface area (Å²) in [5, 5.41) is 6.93. The van der Waals surface area contributed by atoms with E-state index in [1.165, 1.54) is 0 Å². The molecule has 0 saturated carbocycles. The lowest BCUT2D eigenvalue weighted by atomic mass is 10.1. The number of hydrogen-bond acceptors (Lipinski definition) is 3. The predicted molar refractivity (Wildman–Crippen MR) is 83.8 cm³/mol. The van der Waals surface area contributed by atoms with Crippen LogP contribution in [0.3, 0.4) is 0 Å². The smallest absolute Gasteiger partial charge is 0.277 e. The van der Waals surface area contributed by atoms with Crippen molar-refractivity contribution >= 4 is 11.6 Å². The highest BCUT2D eigenvalue weighted by Crippen LogP contribution is 2.19. The SMILES string of the molecule is CCc1[nH]nc(C(=O)N(Cc2ccccc2)C(C)C)c1N. The van der Waals surface area contributed by atoms with E-state index in [2.05, 4.69) is 10.2 Å². The third-order valence-corrected chi connectivity index (χ3v) is 3.52. The standard InChI is InChI=1S/C16H22N4O/c1-4-13-14(17)15(19-18-13)16(21)20(11(2)3)10-12-8-6-5-7-9-12/h5-9,11H,4,10,17H2,1-3H3,(H,18,19). The zero-order valence-electron chi connectivity index (χ0n) is 12.8. The van der Waals surface area contributed by atoms with E-state index in [0.29, 0.717) is 17.9 Å². The molecule has 21 heavy (non-hydrogen) atoms. The fourth-order valence-electron chi connectivity index (χ4n) is 2.22. The Kier molecular flexibility index (Phi) is 4.62. The van der Waals surface area contributed by atoms with Gasteiger partial charge in [-0.05, 0) is 25.8 Å². The molecule has 0 spiro atoms. The summed E-state index contributed by atoms with van der Waals surface area (Å²) in [6.45, 7) is 6.50. The van der Waals surface area contributed by atoms with E-state index in [1.54, 1.807) is 4.90 Å². The molecule has 2 aromatic rings. The normalized spacial score (nSPS) is 10.9. The molecule has 1 aromatic carbocycles. The molecule has 0 aliphatic carbocycles. The van der Waals surface area contributed by atoms with Gasteiger partial charge in [0.15, 0.2) is 5.69 Å². The zero-order chi connectivity index (χ0) is 15.4. The lowest BCUT2D eigenvalue weighted by molar-refractivity contribution is 0.0685. The number of nitrogens with zero attached hydrogens (tertiary/aromatic N) is 2. The van der Waals surface area contributed by atoms with Crippen molar-refractivity contribution in [2.75, 3.05) is 5.73 Å². The minimum atomic E-state index is -0.137. The number of carbonyl (C=O) groups excluding carboxylic acids is 1. The monoisotopic (exact) mass is 286 g/mol. The van der Waals surface area contributed by atoms with Crippen molar-refractivity contribution in [3.63, 3.8) is 0 Å². The molecule has 0 fully saturated rings. The summed E-state index contributed by atoms with van der Waals surface area (Å²) in [7, 11) is 0. The summed E-state index contributed by atoms with van der Waals surface area (Å²) in [5.74, 6) is -0.137. The van der Waals surface area contributed by atoms with E-state index in [1.807, 2.05) is 51.1 Å². The van der Waals surface area contributed by atoms with Crippen LogP contribution in [0.5, 0.6) is 0 Å². The van der Waals surface area contributed by atoms with Gasteiger partial charge in [-0.2, -0.15) is 5.10 Å². The van der Waals surface area contributed by atoms with Gasteiger partial charge in [-0.25, -0.2) is 0 Å². The van der Waals surface area contributed by atoms with E-state index in [9.17, 15) is 4.79 Å². The molecule has 5 nitrogen and oxygen atoms in total. The minimum absolute atomic E-state index is 0.0684. The lowest BCUT2D eigenvalue weighted by Gasteiger charge is -2.26. The van der Waals surface area contributed by atoms with Gasteiger partial charge in [0.1, 0.15) is 0 Å². The molecule has 2 rings (SSSR count). The van der Waals surface area contributed by atoms with Crippen LogP contribution in [0.25, 0.3) is 0 Å². The number of nitrogens with two attached hydrogens (primary N) is 1. The first-order valence-electron chi connectivity index (χ1n) is 7.22. The maximum absolute atomic E-state index is 12.7. The van der Waals surface area contributed by atoms with E-state index >= 15 is 0 Å². The van der Waals surface area contributed by atoms with E-state index in [4.69, 9.17) is 5.73 Å². The Morgan fingerprint density at radius 2 is 2.00 bits per heavy atom. The number of benzene rings is 1. The molecule has 0 radical (unpaired) electrons. The summed E-state index contributed by atoms with van der Waals surface area (Å²) in [4.78, 5) is 14.5. The van der Waals surface area contributed by atoms with Gasteiger partial charge in [-0.3, -0.25) is 9.89 Å². The second kappa shape index (κ2) is 6.43. The second-order valence-corrected chi connectivity index (χ2v) is 5.33. The minimum Gasteiger partial charge on any atom is -0.395 e. The van der Waals surface area contributed by atoms with Crippen molar-refractivity contribution in [1.82, 2.24) is 15.1 Å². The summed E-state index contributed by atoms with van der Waals surface area (Å²) in [5.41, 5.74) is 8.68. The number of carbonyl (C=O) groups is 1. The van der Waals surface area contributed by atoms with Gasteiger partial charge in [0.25, 0.3) is 5.91 Å². The Morgan fingerprint density at radius 3 is 2.52 bits per heavy atom.